The Kier molecular flexibility index (Phi) is 6.99. The van der Waals surface area contributed by atoms with Crippen LogP contribution < -0.4 is 9.64 Å². The number of ether oxygens (including phenoxy) is 1. The van der Waals surface area contributed by atoms with Gasteiger partial charge in [0.25, 0.3) is 0 Å². The molecule has 1 aromatic heterocycles. The topological polar surface area (TPSA) is 63.5 Å². The molecule has 2 heterocycles. The number of thioether (sulfide) groups is 1. The van der Waals surface area contributed by atoms with E-state index in [9.17, 15) is 4.79 Å². The first-order valence-corrected chi connectivity index (χ1v) is 11.9. The van der Waals surface area contributed by atoms with E-state index in [1.165, 1.54) is 11.8 Å². The minimum absolute atomic E-state index is 0.137. The van der Waals surface area contributed by atoms with Gasteiger partial charge in [0.2, 0.25) is 5.91 Å². The summed E-state index contributed by atoms with van der Waals surface area (Å²) >= 11 is 1.46. The van der Waals surface area contributed by atoms with E-state index < -0.39 is 0 Å². The van der Waals surface area contributed by atoms with Gasteiger partial charge in [0.15, 0.2) is 11.0 Å². The summed E-state index contributed by atoms with van der Waals surface area (Å²) in [6.45, 7) is 7.89. The van der Waals surface area contributed by atoms with E-state index in [2.05, 4.69) is 51.7 Å². The van der Waals surface area contributed by atoms with Crippen LogP contribution in [0.2, 0.25) is 0 Å². The molecule has 168 valence electrons. The van der Waals surface area contributed by atoms with Gasteiger partial charge in [-0.3, -0.25) is 4.79 Å². The normalized spacial score (nSPS) is 14.0. The molecule has 4 rings (SSSR count). The molecule has 0 spiro atoms. The summed E-state index contributed by atoms with van der Waals surface area (Å²) < 4.78 is 7.57. The van der Waals surface area contributed by atoms with Crippen LogP contribution >= 0.6 is 11.8 Å². The number of rotatable bonds is 7. The van der Waals surface area contributed by atoms with E-state index in [4.69, 9.17) is 4.74 Å². The standard InChI is InChI=1S/C24H29N5O2S/c1-4-29-23(19-10-6-5-9-18(19)2)25-26-24(29)32-17-22(30)28-15-13-27(14-16-28)20-11-7-8-12-21(20)31-3/h5-12H,4,13-17H2,1-3H3. The summed E-state index contributed by atoms with van der Waals surface area (Å²) in [5, 5.41) is 9.58. The first-order chi connectivity index (χ1) is 15.6. The summed E-state index contributed by atoms with van der Waals surface area (Å²) in [5.41, 5.74) is 3.32. The predicted octanol–water partition coefficient (Wildman–Crippen LogP) is 3.72. The second-order valence-electron chi connectivity index (χ2n) is 7.69. The van der Waals surface area contributed by atoms with Gasteiger partial charge in [-0.25, -0.2) is 0 Å². The number of aryl methyl sites for hydroxylation is 1. The molecule has 1 saturated heterocycles. The van der Waals surface area contributed by atoms with Crippen LogP contribution in [0.1, 0.15) is 12.5 Å². The Bertz CT molecular complexity index is 1080. The Balaban J connectivity index is 1.36. The van der Waals surface area contributed by atoms with Crippen LogP contribution in [0.4, 0.5) is 5.69 Å². The number of carbonyl (C=O) groups is 1. The highest BCUT2D eigenvalue weighted by molar-refractivity contribution is 7.99. The SMILES string of the molecule is CCn1c(SCC(=O)N2CCN(c3ccccc3OC)CC2)nnc1-c1ccccc1C. The monoisotopic (exact) mass is 451 g/mol. The van der Waals surface area contributed by atoms with E-state index in [1.807, 2.05) is 35.2 Å². The number of para-hydroxylation sites is 2. The molecule has 0 atom stereocenters. The van der Waals surface area contributed by atoms with Crippen molar-refractivity contribution in [2.75, 3.05) is 43.9 Å². The summed E-state index contributed by atoms with van der Waals surface area (Å²) in [6.07, 6.45) is 0. The number of nitrogens with zero attached hydrogens (tertiary/aromatic N) is 5. The van der Waals surface area contributed by atoms with Crippen LogP contribution in [0.15, 0.2) is 53.7 Å². The fourth-order valence-electron chi connectivity index (χ4n) is 4.01. The zero-order valence-corrected chi connectivity index (χ0v) is 19.6. The van der Waals surface area contributed by atoms with Gasteiger partial charge in [0, 0.05) is 38.3 Å². The molecule has 3 aromatic rings. The number of piperazine rings is 1. The number of hydrogen-bond acceptors (Lipinski definition) is 6. The fourth-order valence-corrected chi connectivity index (χ4v) is 4.91. The lowest BCUT2D eigenvalue weighted by molar-refractivity contribution is -0.128. The summed E-state index contributed by atoms with van der Waals surface area (Å²) in [6, 6.07) is 16.2. The van der Waals surface area contributed by atoms with Gasteiger partial charge in [-0.15, -0.1) is 10.2 Å². The van der Waals surface area contributed by atoms with Crippen molar-refractivity contribution in [2.45, 2.75) is 25.5 Å². The van der Waals surface area contributed by atoms with E-state index in [0.717, 1.165) is 53.2 Å². The third kappa shape index (κ3) is 4.60. The van der Waals surface area contributed by atoms with Gasteiger partial charge in [-0.05, 0) is 31.5 Å². The highest BCUT2D eigenvalue weighted by Crippen LogP contribution is 2.29. The maximum atomic E-state index is 12.9. The number of hydrogen-bond donors (Lipinski definition) is 0. The van der Waals surface area contributed by atoms with Crippen LogP contribution in [-0.2, 0) is 11.3 Å². The van der Waals surface area contributed by atoms with Crippen molar-refractivity contribution in [2.24, 2.45) is 0 Å². The zero-order valence-electron chi connectivity index (χ0n) is 18.8. The number of aromatic nitrogens is 3. The third-order valence-electron chi connectivity index (χ3n) is 5.80. The number of benzene rings is 2. The molecule has 0 bridgehead atoms. The quantitative estimate of drug-likeness (QED) is 0.510. The Hall–Kier alpha value is -3.00. The van der Waals surface area contributed by atoms with Crippen LogP contribution in [0, 0.1) is 6.92 Å². The minimum atomic E-state index is 0.137. The van der Waals surface area contributed by atoms with Gasteiger partial charge in [-0.1, -0.05) is 48.2 Å². The fraction of sp³-hybridized carbons (Fsp3) is 0.375. The van der Waals surface area contributed by atoms with Gasteiger partial charge in [0.05, 0.1) is 18.6 Å². The lowest BCUT2D eigenvalue weighted by atomic mass is 10.1. The Morgan fingerprint density at radius 3 is 2.47 bits per heavy atom. The first kappa shape index (κ1) is 22.2. The molecule has 0 unspecified atom stereocenters. The molecule has 1 fully saturated rings. The summed E-state index contributed by atoms with van der Waals surface area (Å²) in [5.74, 6) is 2.22. The molecule has 0 saturated carbocycles. The van der Waals surface area contributed by atoms with Crippen molar-refractivity contribution in [3.05, 3.63) is 54.1 Å². The van der Waals surface area contributed by atoms with E-state index in [1.54, 1.807) is 7.11 Å². The van der Waals surface area contributed by atoms with Gasteiger partial charge >= 0.3 is 0 Å². The maximum Gasteiger partial charge on any atom is 0.233 e. The summed E-state index contributed by atoms with van der Waals surface area (Å²) in [4.78, 5) is 17.1. The maximum absolute atomic E-state index is 12.9. The van der Waals surface area contributed by atoms with Crippen LogP contribution in [-0.4, -0.2) is 64.6 Å². The molecule has 1 amide bonds. The van der Waals surface area contributed by atoms with Crippen LogP contribution in [0.5, 0.6) is 5.75 Å². The molecule has 2 aromatic carbocycles. The minimum Gasteiger partial charge on any atom is -0.495 e. The second kappa shape index (κ2) is 10.1. The number of anilines is 1. The van der Waals surface area contributed by atoms with Gasteiger partial charge in [-0.2, -0.15) is 0 Å². The molecule has 0 aliphatic carbocycles. The van der Waals surface area contributed by atoms with Crippen molar-refractivity contribution in [3.8, 4) is 17.1 Å². The number of amides is 1. The number of carbonyl (C=O) groups excluding carboxylic acids is 1. The molecule has 32 heavy (non-hydrogen) atoms. The van der Waals surface area contributed by atoms with E-state index in [0.29, 0.717) is 18.8 Å². The molecule has 7 nitrogen and oxygen atoms in total. The van der Waals surface area contributed by atoms with Crippen molar-refractivity contribution in [1.29, 1.82) is 0 Å². The third-order valence-corrected chi connectivity index (χ3v) is 6.75. The van der Waals surface area contributed by atoms with Crippen molar-refractivity contribution >= 4 is 23.4 Å². The van der Waals surface area contributed by atoms with Crippen molar-refractivity contribution in [3.63, 3.8) is 0 Å². The smallest absolute Gasteiger partial charge is 0.233 e. The van der Waals surface area contributed by atoms with E-state index >= 15 is 0 Å². The lowest BCUT2D eigenvalue weighted by Crippen LogP contribution is -2.49. The second-order valence-corrected chi connectivity index (χ2v) is 8.64. The lowest BCUT2D eigenvalue weighted by Gasteiger charge is -2.36. The van der Waals surface area contributed by atoms with Gasteiger partial charge in [0.1, 0.15) is 5.75 Å². The molecule has 8 heteroatoms. The molecular formula is C24H29N5O2S. The van der Waals surface area contributed by atoms with E-state index in [-0.39, 0.29) is 5.91 Å². The Morgan fingerprint density at radius 2 is 1.75 bits per heavy atom. The molecular weight excluding hydrogens is 422 g/mol. The van der Waals surface area contributed by atoms with Gasteiger partial charge < -0.3 is 19.1 Å². The Morgan fingerprint density at radius 1 is 1.03 bits per heavy atom. The predicted molar refractivity (Wildman–Crippen MR) is 128 cm³/mol. The Labute approximate surface area is 193 Å². The van der Waals surface area contributed by atoms with Crippen LogP contribution in [0.25, 0.3) is 11.4 Å². The van der Waals surface area contributed by atoms with Crippen molar-refractivity contribution < 1.29 is 9.53 Å². The highest BCUT2D eigenvalue weighted by atomic mass is 32.2. The van der Waals surface area contributed by atoms with Crippen molar-refractivity contribution in [1.82, 2.24) is 19.7 Å². The highest BCUT2D eigenvalue weighted by Gasteiger charge is 2.24. The molecule has 1 aliphatic rings. The molecule has 0 radical (unpaired) electrons. The summed E-state index contributed by atoms with van der Waals surface area (Å²) in [7, 11) is 1.69. The van der Waals surface area contributed by atoms with Crippen LogP contribution in [0.3, 0.4) is 0 Å². The number of methoxy groups -OCH3 is 1. The average Bonchev–Trinajstić information content (AvgIpc) is 3.25. The molecule has 0 N–H and O–H groups in total. The zero-order chi connectivity index (χ0) is 22.5. The average molecular weight is 452 g/mol. The first-order valence-electron chi connectivity index (χ1n) is 10.9. The molecule has 1 aliphatic heterocycles. The largest absolute Gasteiger partial charge is 0.495 e.